The number of anilines is 1. The Bertz CT molecular complexity index is 892. The molecule has 1 atom stereocenters. The van der Waals surface area contributed by atoms with Crippen molar-refractivity contribution in [1.29, 1.82) is 0 Å². The second-order valence-corrected chi connectivity index (χ2v) is 8.39. The van der Waals surface area contributed by atoms with Gasteiger partial charge < -0.3 is 4.57 Å². The standard InChI is InChI=1S/C20H22BrN3OS/c1-3-12-24-18-7-5-4-6-17(18)22-20(24)23-19(25)14(2)26-13-15-8-10-16(21)11-9-15/h4-11,14H,3,12-13H2,1-2H3,(H,22,23,25)/t14-/m0/s1. The van der Waals surface area contributed by atoms with Gasteiger partial charge in [0.25, 0.3) is 0 Å². The molecule has 4 nitrogen and oxygen atoms in total. The fourth-order valence-corrected chi connectivity index (χ4v) is 3.82. The van der Waals surface area contributed by atoms with Gasteiger partial charge in [0.1, 0.15) is 0 Å². The van der Waals surface area contributed by atoms with E-state index < -0.39 is 0 Å². The summed E-state index contributed by atoms with van der Waals surface area (Å²) in [5.74, 6) is 1.42. The van der Waals surface area contributed by atoms with Gasteiger partial charge in [0.05, 0.1) is 16.3 Å². The van der Waals surface area contributed by atoms with Crippen molar-refractivity contribution in [1.82, 2.24) is 9.55 Å². The van der Waals surface area contributed by atoms with Gasteiger partial charge in [-0.3, -0.25) is 10.1 Å². The predicted molar refractivity (Wildman–Crippen MR) is 114 cm³/mol. The molecule has 2 aromatic carbocycles. The molecule has 3 aromatic rings. The van der Waals surface area contributed by atoms with E-state index in [2.05, 4.69) is 49.9 Å². The lowest BCUT2D eigenvalue weighted by Gasteiger charge is -2.13. The first kappa shape index (κ1) is 19.0. The van der Waals surface area contributed by atoms with Crippen LogP contribution in [-0.2, 0) is 17.1 Å². The molecule has 1 heterocycles. The van der Waals surface area contributed by atoms with Crippen molar-refractivity contribution in [2.24, 2.45) is 0 Å². The minimum Gasteiger partial charge on any atom is -0.310 e. The van der Waals surface area contributed by atoms with Gasteiger partial charge in [-0.15, -0.1) is 11.8 Å². The average molecular weight is 432 g/mol. The zero-order valence-corrected chi connectivity index (χ0v) is 17.3. The lowest BCUT2D eigenvalue weighted by atomic mass is 10.2. The van der Waals surface area contributed by atoms with Crippen molar-refractivity contribution in [3.63, 3.8) is 0 Å². The number of aromatic nitrogens is 2. The summed E-state index contributed by atoms with van der Waals surface area (Å²) in [6.07, 6.45) is 0.983. The van der Waals surface area contributed by atoms with E-state index in [9.17, 15) is 4.79 Å². The van der Waals surface area contributed by atoms with Crippen molar-refractivity contribution < 1.29 is 4.79 Å². The summed E-state index contributed by atoms with van der Waals surface area (Å²) >= 11 is 5.06. The van der Waals surface area contributed by atoms with Crippen molar-refractivity contribution in [3.8, 4) is 0 Å². The number of thioether (sulfide) groups is 1. The molecule has 136 valence electrons. The van der Waals surface area contributed by atoms with Gasteiger partial charge in [0.2, 0.25) is 11.9 Å². The van der Waals surface area contributed by atoms with Gasteiger partial charge in [0, 0.05) is 16.8 Å². The topological polar surface area (TPSA) is 46.9 Å². The number of halogens is 1. The van der Waals surface area contributed by atoms with Crippen LogP contribution < -0.4 is 5.32 Å². The molecule has 0 aliphatic rings. The molecule has 0 fully saturated rings. The first-order valence-corrected chi connectivity index (χ1v) is 10.5. The molecule has 3 rings (SSSR count). The van der Waals surface area contributed by atoms with E-state index in [0.717, 1.165) is 34.2 Å². The fraction of sp³-hybridized carbons (Fsp3) is 0.300. The Morgan fingerprint density at radius 3 is 2.69 bits per heavy atom. The highest BCUT2D eigenvalue weighted by atomic mass is 79.9. The lowest BCUT2D eigenvalue weighted by molar-refractivity contribution is -0.115. The van der Waals surface area contributed by atoms with E-state index >= 15 is 0 Å². The quantitative estimate of drug-likeness (QED) is 0.539. The summed E-state index contributed by atoms with van der Waals surface area (Å²) < 4.78 is 3.14. The maximum atomic E-state index is 12.6. The van der Waals surface area contributed by atoms with Crippen LogP contribution in [0, 0.1) is 0 Å². The number of hydrogen-bond acceptors (Lipinski definition) is 3. The van der Waals surface area contributed by atoms with Crippen molar-refractivity contribution in [3.05, 3.63) is 58.6 Å². The van der Waals surface area contributed by atoms with Gasteiger partial charge in [-0.1, -0.05) is 47.1 Å². The van der Waals surface area contributed by atoms with Crippen LogP contribution in [-0.4, -0.2) is 20.7 Å². The van der Waals surface area contributed by atoms with Crippen LogP contribution in [0.25, 0.3) is 11.0 Å². The van der Waals surface area contributed by atoms with Crippen molar-refractivity contribution >= 4 is 50.6 Å². The first-order valence-electron chi connectivity index (χ1n) is 8.70. The van der Waals surface area contributed by atoms with Crippen molar-refractivity contribution in [2.45, 2.75) is 37.8 Å². The third kappa shape index (κ3) is 4.48. The van der Waals surface area contributed by atoms with E-state index in [4.69, 9.17) is 0 Å². The van der Waals surface area contributed by atoms with E-state index in [-0.39, 0.29) is 11.2 Å². The Morgan fingerprint density at radius 2 is 1.96 bits per heavy atom. The number of carbonyl (C=O) groups is 1. The first-order chi connectivity index (χ1) is 12.6. The number of hydrogen-bond donors (Lipinski definition) is 1. The van der Waals surface area contributed by atoms with Crippen LogP contribution in [0.4, 0.5) is 5.95 Å². The maximum Gasteiger partial charge on any atom is 0.239 e. The highest BCUT2D eigenvalue weighted by Gasteiger charge is 2.17. The molecule has 0 saturated heterocycles. The summed E-state index contributed by atoms with van der Waals surface area (Å²) in [5.41, 5.74) is 3.17. The number of amides is 1. The van der Waals surface area contributed by atoms with Gasteiger partial charge in [-0.05, 0) is 43.2 Å². The summed E-state index contributed by atoms with van der Waals surface area (Å²) in [6.45, 7) is 4.89. The lowest BCUT2D eigenvalue weighted by Crippen LogP contribution is -2.24. The average Bonchev–Trinajstić information content (AvgIpc) is 2.98. The summed E-state index contributed by atoms with van der Waals surface area (Å²) in [4.78, 5) is 17.2. The molecule has 6 heteroatoms. The number of benzene rings is 2. The molecule has 0 radical (unpaired) electrons. The van der Waals surface area contributed by atoms with Crippen LogP contribution in [0.1, 0.15) is 25.8 Å². The largest absolute Gasteiger partial charge is 0.310 e. The number of carbonyl (C=O) groups excluding carboxylic acids is 1. The Morgan fingerprint density at radius 1 is 1.23 bits per heavy atom. The molecule has 1 aromatic heterocycles. The van der Waals surface area contributed by atoms with Crippen LogP contribution in [0.3, 0.4) is 0 Å². The molecule has 0 spiro atoms. The Balaban J connectivity index is 1.67. The third-order valence-electron chi connectivity index (χ3n) is 4.12. The molecule has 1 amide bonds. The molecule has 0 bridgehead atoms. The van der Waals surface area contributed by atoms with Gasteiger partial charge in [-0.25, -0.2) is 4.98 Å². The normalized spacial score (nSPS) is 12.3. The molecule has 0 aliphatic heterocycles. The fourth-order valence-electron chi connectivity index (χ4n) is 2.71. The molecule has 0 aliphatic carbocycles. The van der Waals surface area contributed by atoms with E-state index in [0.29, 0.717) is 5.95 Å². The van der Waals surface area contributed by atoms with Gasteiger partial charge in [-0.2, -0.15) is 0 Å². The number of aryl methyl sites for hydroxylation is 1. The monoisotopic (exact) mass is 431 g/mol. The summed E-state index contributed by atoms with van der Waals surface area (Å²) in [6, 6.07) is 16.2. The zero-order chi connectivity index (χ0) is 18.5. The third-order valence-corrected chi connectivity index (χ3v) is 5.86. The molecule has 0 saturated carbocycles. The van der Waals surface area contributed by atoms with Crippen molar-refractivity contribution in [2.75, 3.05) is 5.32 Å². The number of fused-ring (bicyclic) bond motifs is 1. The molecule has 1 N–H and O–H groups in total. The van der Waals surface area contributed by atoms with Crippen LogP contribution >= 0.6 is 27.7 Å². The van der Waals surface area contributed by atoms with Crippen LogP contribution in [0.5, 0.6) is 0 Å². The van der Waals surface area contributed by atoms with Crippen LogP contribution in [0.15, 0.2) is 53.0 Å². The maximum absolute atomic E-state index is 12.6. The number of nitrogens with one attached hydrogen (secondary N) is 1. The minimum atomic E-state index is -0.159. The highest BCUT2D eigenvalue weighted by Crippen LogP contribution is 2.23. The minimum absolute atomic E-state index is 0.0141. The highest BCUT2D eigenvalue weighted by molar-refractivity contribution is 9.10. The predicted octanol–water partition coefficient (Wildman–Crippen LogP) is 5.47. The SMILES string of the molecule is CCCn1c(NC(=O)[C@H](C)SCc2ccc(Br)cc2)nc2ccccc21. The van der Waals surface area contributed by atoms with Crippen LogP contribution in [0.2, 0.25) is 0 Å². The Labute approximate surface area is 166 Å². The Hall–Kier alpha value is -1.79. The Kier molecular flexibility index (Phi) is 6.38. The second-order valence-electron chi connectivity index (χ2n) is 6.14. The number of para-hydroxylation sites is 2. The number of nitrogens with zero attached hydrogens (tertiary/aromatic N) is 2. The van der Waals surface area contributed by atoms with Gasteiger partial charge in [0.15, 0.2) is 0 Å². The van der Waals surface area contributed by atoms with E-state index in [1.807, 2.05) is 43.3 Å². The molecule has 26 heavy (non-hydrogen) atoms. The number of imidazole rings is 1. The smallest absolute Gasteiger partial charge is 0.239 e. The summed E-state index contributed by atoms with van der Waals surface area (Å²) in [7, 11) is 0. The molecule has 0 unspecified atom stereocenters. The second kappa shape index (κ2) is 8.73. The molecular formula is C20H22BrN3OS. The van der Waals surface area contributed by atoms with E-state index in [1.54, 1.807) is 11.8 Å². The molecular weight excluding hydrogens is 410 g/mol. The summed E-state index contributed by atoms with van der Waals surface area (Å²) in [5, 5.41) is 2.86. The van der Waals surface area contributed by atoms with Gasteiger partial charge >= 0.3 is 0 Å². The van der Waals surface area contributed by atoms with E-state index in [1.165, 1.54) is 5.56 Å². The number of rotatable bonds is 7. The zero-order valence-electron chi connectivity index (χ0n) is 14.9.